The van der Waals surface area contributed by atoms with Crippen molar-refractivity contribution in [2.45, 2.75) is 19.4 Å². The van der Waals surface area contributed by atoms with E-state index in [9.17, 15) is 9.90 Å². The van der Waals surface area contributed by atoms with Crippen molar-refractivity contribution in [3.05, 3.63) is 42.5 Å². The van der Waals surface area contributed by atoms with Gasteiger partial charge in [0.15, 0.2) is 0 Å². The molecule has 3 rings (SSSR count). The third-order valence-corrected chi connectivity index (χ3v) is 3.89. The van der Waals surface area contributed by atoms with E-state index in [0.29, 0.717) is 0 Å². The zero-order valence-corrected chi connectivity index (χ0v) is 11.4. The molecule has 1 aliphatic heterocycles. The topological polar surface area (TPSA) is 58.4 Å². The van der Waals surface area contributed by atoms with Crippen molar-refractivity contribution < 1.29 is 9.90 Å². The highest BCUT2D eigenvalue weighted by Gasteiger charge is 2.27. The first kappa shape index (κ1) is 12.7. The van der Waals surface area contributed by atoms with Crippen LogP contribution in [0.15, 0.2) is 36.8 Å². The normalized spacial score (nSPS) is 17.6. The summed E-state index contributed by atoms with van der Waals surface area (Å²) in [5.74, 6) is 0.317. The lowest BCUT2D eigenvalue weighted by Gasteiger charge is -2.27. The van der Waals surface area contributed by atoms with Gasteiger partial charge in [-0.25, -0.2) is 4.98 Å². The number of anilines is 1. The molecule has 1 amide bonds. The number of amides is 1. The molecule has 0 saturated carbocycles. The van der Waals surface area contributed by atoms with Crippen molar-refractivity contribution >= 4 is 11.6 Å². The Hall–Kier alpha value is -2.30. The molecular formula is C15H17N3O2. The molecule has 1 aromatic heterocycles. The van der Waals surface area contributed by atoms with Crippen molar-refractivity contribution in [3.63, 3.8) is 0 Å². The first-order valence-corrected chi connectivity index (χ1v) is 6.71. The zero-order valence-electron chi connectivity index (χ0n) is 11.4. The number of hydrogen-bond donors (Lipinski definition) is 1. The van der Waals surface area contributed by atoms with Crippen molar-refractivity contribution in [3.8, 4) is 5.75 Å². The van der Waals surface area contributed by atoms with Crippen LogP contribution in [-0.4, -0.2) is 27.6 Å². The van der Waals surface area contributed by atoms with E-state index < -0.39 is 0 Å². The summed E-state index contributed by atoms with van der Waals surface area (Å²) in [4.78, 5) is 18.3. The first-order valence-electron chi connectivity index (χ1n) is 6.71. The highest BCUT2D eigenvalue weighted by atomic mass is 16.3. The molecule has 2 heterocycles. The van der Waals surface area contributed by atoms with Crippen molar-refractivity contribution in [2.75, 3.05) is 11.9 Å². The van der Waals surface area contributed by atoms with Crippen LogP contribution in [-0.2, 0) is 17.8 Å². The van der Waals surface area contributed by atoms with Gasteiger partial charge in [-0.1, -0.05) is 0 Å². The van der Waals surface area contributed by atoms with Crippen LogP contribution < -0.4 is 4.90 Å². The van der Waals surface area contributed by atoms with E-state index in [1.54, 1.807) is 36.2 Å². The summed E-state index contributed by atoms with van der Waals surface area (Å²) >= 11 is 0. The number of rotatable bonds is 2. The van der Waals surface area contributed by atoms with Gasteiger partial charge in [-0.2, -0.15) is 0 Å². The van der Waals surface area contributed by atoms with Crippen molar-refractivity contribution in [1.29, 1.82) is 0 Å². The lowest BCUT2D eigenvalue weighted by Crippen LogP contribution is -2.36. The molecule has 1 atom stereocenters. The third-order valence-electron chi connectivity index (χ3n) is 3.89. The molecular weight excluding hydrogens is 254 g/mol. The maximum atomic E-state index is 12.5. The van der Waals surface area contributed by atoms with Crippen LogP contribution >= 0.6 is 0 Å². The average molecular weight is 271 g/mol. The van der Waals surface area contributed by atoms with E-state index in [1.165, 1.54) is 0 Å². The third kappa shape index (κ3) is 2.27. The second-order valence-corrected chi connectivity index (χ2v) is 5.18. The Kier molecular flexibility index (Phi) is 3.18. The lowest BCUT2D eigenvalue weighted by atomic mass is 9.94. The van der Waals surface area contributed by atoms with Gasteiger partial charge in [0.2, 0.25) is 5.91 Å². The first-order chi connectivity index (χ1) is 9.65. The monoisotopic (exact) mass is 271 g/mol. The predicted molar refractivity (Wildman–Crippen MR) is 75.6 cm³/mol. The summed E-state index contributed by atoms with van der Waals surface area (Å²) in [6.45, 7) is 0.842. The largest absolute Gasteiger partial charge is 0.508 e. The number of fused-ring (bicyclic) bond motifs is 1. The fourth-order valence-corrected chi connectivity index (χ4v) is 2.66. The molecule has 0 bridgehead atoms. The molecule has 1 aromatic carbocycles. The number of benzene rings is 1. The highest BCUT2D eigenvalue weighted by Crippen LogP contribution is 2.24. The van der Waals surface area contributed by atoms with Crippen LogP contribution in [0.25, 0.3) is 0 Å². The SMILES string of the molecule is CN(C(=O)C1CCn2cncc2C1)c1ccc(O)cc1. The Morgan fingerprint density at radius 2 is 2.15 bits per heavy atom. The molecule has 5 nitrogen and oxygen atoms in total. The number of phenolic OH excluding ortho intramolecular Hbond substituents is 1. The minimum atomic E-state index is -0.00185. The summed E-state index contributed by atoms with van der Waals surface area (Å²) < 4.78 is 2.10. The number of nitrogens with zero attached hydrogens (tertiary/aromatic N) is 3. The zero-order chi connectivity index (χ0) is 14.1. The van der Waals surface area contributed by atoms with Crippen LogP contribution in [0.4, 0.5) is 5.69 Å². The second kappa shape index (κ2) is 5.00. The Morgan fingerprint density at radius 3 is 2.90 bits per heavy atom. The average Bonchev–Trinajstić information content (AvgIpc) is 2.94. The molecule has 2 aromatic rings. The predicted octanol–water partition coefficient (Wildman–Crippen LogP) is 1.81. The lowest BCUT2D eigenvalue weighted by molar-refractivity contribution is -0.122. The molecule has 20 heavy (non-hydrogen) atoms. The molecule has 0 aliphatic carbocycles. The second-order valence-electron chi connectivity index (χ2n) is 5.18. The molecule has 104 valence electrons. The van der Waals surface area contributed by atoms with Gasteiger partial charge >= 0.3 is 0 Å². The van der Waals surface area contributed by atoms with Crippen LogP contribution in [0.3, 0.4) is 0 Å². The summed E-state index contributed by atoms with van der Waals surface area (Å²) in [7, 11) is 1.78. The summed E-state index contributed by atoms with van der Waals surface area (Å²) in [5.41, 5.74) is 1.92. The fourth-order valence-electron chi connectivity index (χ4n) is 2.66. The molecule has 5 heteroatoms. The number of imidazole rings is 1. The van der Waals surface area contributed by atoms with Crippen molar-refractivity contribution in [1.82, 2.24) is 9.55 Å². The van der Waals surface area contributed by atoms with Gasteiger partial charge in [0.25, 0.3) is 0 Å². The van der Waals surface area contributed by atoms with Crippen LogP contribution in [0.5, 0.6) is 5.75 Å². The van der Waals surface area contributed by atoms with Crippen LogP contribution in [0, 0.1) is 5.92 Å². The number of aromatic hydroxyl groups is 1. The van der Waals surface area contributed by atoms with E-state index in [0.717, 1.165) is 30.8 Å². The maximum absolute atomic E-state index is 12.5. The number of hydrogen-bond acceptors (Lipinski definition) is 3. The van der Waals surface area contributed by atoms with E-state index in [-0.39, 0.29) is 17.6 Å². The van der Waals surface area contributed by atoms with E-state index in [2.05, 4.69) is 9.55 Å². The van der Waals surface area contributed by atoms with Gasteiger partial charge in [0.05, 0.1) is 6.33 Å². The molecule has 0 spiro atoms. The molecule has 0 fully saturated rings. The van der Waals surface area contributed by atoms with Gasteiger partial charge in [0, 0.05) is 43.5 Å². The maximum Gasteiger partial charge on any atom is 0.230 e. The van der Waals surface area contributed by atoms with Gasteiger partial charge in [-0.15, -0.1) is 0 Å². The summed E-state index contributed by atoms with van der Waals surface area (Å²) in [6.07, 6.45) is 5.23. The van der Waals surface area contributed by atoms with Gasteiger partial charge in [-0.3, -0.25) is 4.79 Å². The number of carbonyl (C=O) groups is 1. The number of carbonyl (C=O) groups excluding carboxylic acids is 1. The highest BCUT2D eigenvalue weighted by molar-refractivity contribution is 5.94. The smallest absolute Gasteiger partial charge is 0.230 e. The Balaban J connectivity index is 1.74. The van der Waals surface area contributed by atoms with E-state index in [4.69, 9.17) is 0 Å². The van der Waals surface area contributed by atoms with Gasteiger partial charge in [-0.05, 0) is 30.7 Å². The molecule has 1 unspecified atom stereocenters. The van der Waals surface area contributed by atoms with E-state index in [1.807, 2.05) is 12.5 Å². The van der Waals surface area contributed by atoms with Crippen molar-refractivity contribution in [2.24, 2.45) is 5.92 Å². The molecule has 0 radical (unpaired) electrons. The number of aryl methyl sites for hydroxylation is 1. The van der Waals surface area contributed by atoms with E-state index >= 15 is 0 Å². The van der Waals surface area contributed by atoms with Gasteiger partial charge < -0.3 is 14.6 Å². The standard InChI is InChI=1S/C15H17N3O2/c1-17(12-2-4-14(19)5-3-12)15(20)11-6-7-18-10-16-9-13(18)8-11/h2-5,9-11,19H,6-8H2,1H3. The quantitative estimate of drug-likeness (QED) is 0.906. The summed E-state index contributed by atoms with van der Waals surface area (Å²) in [6, 6.07) is 6.69. The number of aromatic nitrogens is 2. The minimum absolute atomic E-state index is 0.00185. The van der Waals surface area contributed by atoms with Gasteiger partial charge in [0.1, 0.15) is 5.75 Å². The summed E-state index contributed by atoms with van der Waals surface area (Å²) in [5, 5.41) is 9.30. The molecule has 0 saturated heterocycles. The number of phenols is 1. The van der Waals surface area contributed by atoms with Crippen LogP contribution in [0.1, 0.15) is 12.1 Å². The Labute approximate surface area is 117 Å². The minimum Gasteiger partial charge on any atom is -0.508 e. The molecule has 1 aliphatic rings. The van der Waals surface area contributed by atoms with Crippen LogP contribution in [0.2, 0.25) is 0 Å². The Morgan fingerprint density at radius 1 is 1.40 bits per heavy atom. The fraction of sp³-hybridized carbons (Fsp3) is 0.333. The molecule has 1 N–H and O–H groups in total. The Bertz CT molecular complexity index is 618.